The topological polar surface area (TPSA) is 102 Å². The number of hydrogen-bond donors (Lipinski definition) is 3. The van der Waals surface area contributed by atoms with E-state index < -0.39 is 10.0 Å². The summed E-state index contributed by atoms with van der Waals surface area (Å²) in [4.78, 5) is 0.113. The summed E-state index contributed by atoms with van der Waals surface area (Å²) in [6, 6.07) is 16.9. The van der Waals surface area contributed by atoms with Gasteiger partial charge in [-0.1, -0.05) is 18.2 Å². The van der Waals surface area contributed by atoms with Crippen LogP contribution in [0.4, 0.5) is 11.5 Å². The van der Waals surface area contributed by atoms with E-state index >= 15 is 0 Å². The zero-order chi connectivity index (χ0) is 17.9. The van der Waals surface area contributed by atoms with E-state index in [0.717, 1.165) is 5.69 Å². The van der Waals surface area contributed by atoms with Crippen molar-refractivity contribution in [3.8, 4) is 5.69 Å². The van der Waals surface area contributed by atoms with Gasteiger partial charge in [0.25, 0.3) is 10.0 Å². The van der Waals surface area contributed by atoms with Crippen molar-refractivity contribution in [1.82, 2.24) is 9.78 Å². The van der Waals surface area contributed by atoms with Crippen molar-refractivity contribution in [1.29, 1.82) is 0 Å². The summed E-state index contributed by atoms with van der Waals surface area (Å²) in [6.45, 7) is 0. The summed E-state index contributed by atoms with van der Waals surface area (Å²) in [5.41, 5.74) is 6.75. The average Bonchev–Trinajstić information content (AvgIpc) is 3.03. The third-order valence-corrected chi connectivity index (χ3v) is 4.79. The van der Waals surface area contributed by atoms with Crippen molar-refractivity contribution >= 4 is 38.9 Å². The first-order chi connectivity index (χ1) is 12.0. The van der Waals surface area contributed by atoms with Crippen LogP contribution in [-0.4, -0.2) is 23.3 Å². The van der Waals surface area contributed by atoms with Crippen LogP contribution in [0.5, 0.6) is 0 Å². The van der Waals surface area contributed by atoms with Crippen molar-refractivity contribution < 1.29 is 8.42 Å². The molecule has 3 rings (SSSR count). The molecule has 0 aliphatic rings. The highest BCUT2D eigenvalue weighted by Crippen LogP contribution is 2.20. The number of nitrogens with two attached hydrogens (primary N) is 1. The molecule has 9 heteroatoms. The Kier molecular flexibility index (Phi) is 4.68. The predicted octanol–water partition coefficient (Wildman–Crippen LogP) is 2.33. The first kappa shape index (κ1) is 16.9. The number of rotatable bonds is 5. The fraction of sp³-hybridized carbons (Fsp3) is 0. The van der Waals surface area contributed by atoms with Gasteiger partial charge in [-0.3, -0.25) is 4.72 Å². The second kappa shape index (κ2) is 6.91. The Morgan fingerprint density at radius 3 is 2.36 bits per heavy atom. The number of para-hydroxylation sites is 1. The van der Waals surface area contributed by atoms with Crippen LogP contribution >= 0.6 is 12.2 Å². The molecule has 0 aliphatic heterocycles. The molecule has 1 heterocycles. The summed E-state index contributed by atoms with van der Waals surface area (Å²) in [5.74, 6) is 0.344. The van der Waals surface area contributed by atoms with Gasteiger partial charge in [0.05, 0.1) is 16.8 Å². The molecule has 0 saturated carbocycles. The molecule has 3 aromatic rings. The smallest absolute Gasteiger partial charge is 0.263 e. The van der Waals surface area contributed by atoms with E-state index in [-0.39, 0.29) is 10.0 Å². The molecule has 25 heavy (non-hydrogen) atoms. The molecule has 0 unspecified atom stereocenters. The van der Waals surface area contributed by atoms with Gasteiger partial charge in [-0.25, -0.2) is 13.1 Å². The van der Waals surface area contributed by atoms with E-state index in [1.54, 1.807) is 18.2 Å². The Hall–Kier alpha value is -2.91. The lowest BCUT2D eigenvalue weighted by atomic mass is 10.3. The number of nitrogens with zero attached hydrogens (tertiary/aromatic N) is 2. The third kappa shape index (κ3) is 3.95. The molecule has 128 valence electrons. The average molecular weight is 373 g/mol. The van der Waals surface area contributed by atoms with Crippen LogP contribution in [0.15, 0.2) is 71.8 Å². The van der Waals surface area contributed by atoms with Crippen molar-refractivity contribution in [2.24, 2.45) is 5.73 Å². The van der Waals surface area contributed by atoms with Crippen LogP contribution in [0.3, 0.4) is 0 Å². The molecule has 0 aliphatic carbocycles. The molecule has 2 aromatic carbocycles. The molecular weight excluding hydrogens is 358 g/mol. The van der Waals surface area contributed by atoms with E-state index in [9.17, 15) is 8.42 Å². The van der Waals surface area contributed by atoms with Crippen LogP contribution in [0.1, 0.15) is 0 Å². The summed E-state index contributed by atoms with van der Waals surface area (Å²) < 4.78 is 29.2. The molecule has 7 nitrogen and oxygen atoms in total. The van der Waals surface area contributed by atoms with Crippen LogP contribution in [0.25, 0.3) is 5.69 Å². The maximum absolute atomic E-state index is 12.6. The minimum absolute atomic E-state index is 0.112. The van der Waals surface area contributed by atoms with Crippen LogP contribution < -0.4 is 15.8 Å². The Bertz CT molecular complexity index is 983. The second-order valence-corrected chi connectivity index (χ2v) is 7.21. The highest BCUT2D eigenvalue weighted by atomic mass is 32.2. The standard InChI is InChI=1S/C16H15N5O2S2/c17-16(24)19-12-6-8-14(9-7-12)25(22,23)20-15-10-11-18-21(15)13-4-2-1-3-5-13/h1-11,20H,(H3,17,19,24). The number of sulfonamides is 1. The lowest BCUT2D eigenvalue weighted by molar-refractivity contribution is 0.600. The largest absolute Gasteiger partial charge is 0.376 e. The Morgan fingerprint density at radius 2 is 1.72 bits per heavy atom. The molecule has 4 N–H and O–H groups in total. The van der Waals surface area contributed by atoms with Gasteiger partial charge in [0.2, 0.25) is 0 Å². The molecule has 0 bridgehead atoms. The van der Waals surface area contributed by atoms with Crippen molar-refractivity contribution in [2.75, 3.05) is 10.0 Å². The summed E-state index contributed by atoms with van der Waals surface area (Å²) >= 11 is 4.75. The number of anilines is 2. The molecule has 0 saturated heterocycles. The predicted molar refractivity (Wildman–Crippen MR) is 101 cm³/mol. The van der Waals surface area contributed by atoms with Crippen molar-refractivity contribution in [3.63, 3.8) is 0 Å². The number of hydrogen-bond acceptors (Lipinski definition) is 4. The maximum atomic E-state index is 12.6. The van der Waals surface area contributed by atoms with E-state index in [1.165, 1.54) is 23.0 Å². The Morgan fingerprint density at radius 1 is 1.04 bits per heavy atom. The molecular formula is C16H15N5O2S2. The lowest BCUT2D eigenvalue weighted by Crippen LogP contribution is -2.19. The summed E-state index contributed by atoms with van der Waals surface area (Å²) in [6.07, 6.45) is 1.53. The fourth-order valence-electron chi connectivity index (χ4n) is 2.21. The summed E-state index contributed by atoms with van der Waals surface area (Å²) in [5, 5.41) is 7.01. The normalized spacial score (nSPS) is 11.0. The highest BCUT2D eigenvalue weighted by Gasteiger charge is 2.17. The van der Waals surface area contributed by atoms with Crippen LogP contribution in [0, 0.1) is 0 Å². The van der Waals surface area contributed by atoms with Gasteiger partial charge >= 0.3 is 0 Å². The highest BCUT2D eigenvalue weighted by molar-refractivity contribution is 7.92. The zero-order valence-electron chi connectivity index (χ0n) is 13.0. The molecule has 0 amide bonds. The van der Waals surface area contributed by atoms with Gasteiger partial charge in [-0.05, 0) is 48.6 Å². The van der Waals surface area contributed by atoms with E-state index in [1.807, 2.05) is 30.3 Å². The van der Waals surface area contributed by atoms with E-state index in [0.29, 0.717) is 11.5 Å². The molecule has 0 fully saturated rings. The monoisotopic (exact) mass is 373 g/mol. The van der Waals surface area contributed by atoms with Gasteiger partial charge in [-0.2, -0.15) is 5.10 Å². The molecule has 1 aromatic heterocycles. The zero-order valence-corrected chi connectivity index (χ0v) is 14.6. The Labute approximate surface area is 150 Å². The van der Waals surface area contributed by atoms with Gasteiger partial charge < -0.3 is 11.1 Å². The number of benzene rings is 2. The van der Waals surface area contributed by atoms with Gasteiger partial charge in [0, 0.05) is 11.8 Å². The third-order valence-electron chi connectivity index (χ3n) is 3.31. The van der Waals surface area contributed by atoms with Crippen molar-refractivity contribution in [3.05, 3.63) is 66.9 Å². The molecule has 0 radical (unpaired) electrons. The van der Waals surface area contributed by atoms with Gasteiger partial charge in [0.1, 0.15) is 5.82 Å². The van der Waals surface area contributed by atoms with Crippen molar-refractivity contribution in [2.45, 2.75) is 4.90 Å². The van der Waals surface area contributed by atoms with Gasteiger partial charge in [-0.15, -0.1) is 0 Å². The fourth-order valence-corrected chi connectivity index (χ4v) is 3.37. The SMILES string of the molecule is NC(=S)Nc1ccc(S(=O)(=O)Nc2ccnn2-c2ccccc2)cc1. The van der Waals surface area contributed by atoms with E-state index in [2.05, 4.69) is 15.1 Å². The number of aromatic nitrogens is 2. The Balaban J connectivity index is 1.85. The minimum Gasteiger partial charge on any atom is -0.376 e. The minimum atomic E-state index is -3.76. The van der Waals surface area contributed by atoms with Crippen LogP contribution in [0.2, 0.25) is 0 Å². The first-order valence-corrected chi connectivity index (χ1v) is 9.14. The summed E-state index contributed by atoms with van der Waals surface area (Å²) in [7, 11) is -3.76. The number of thiocarbonyl (C=S) groups is 1. The van der Waals surface area contributed by atoms with Crippen LogP contribution in [-0.2, 0) is 10.0 Å². The number of nitrogens with one attached hydrogen (secondary N) is 2. The van der Waals surface area contributed by atoms with E-state index in [4.69, 9.17) is 18.0 Å². The first-order valence-electron chi connectivity index (χ1n) is 7.24. The molecule has 0 spiro atoms. The van der Waals surface area contributed by atoms with Gasteiger partial charge in [0.15, 0.2) is 5.11 Å². The maximum Gasteiger partial charge on any atom is 0.263 e. The lowest BCUT2D eigenvalue weighted by Gasteiger charge is -2.11. The quantitative estimate of drug-likeness (QED) is 0.593. The second-order valence-electron chi connectivity index (χ2n) is 5.08. The molecule has 0 atom stereocenters.